The quantitative estimate of drug-likeness (QED) is 0.546. The van der Waals surface area contributed by atoms with Gasteiger partial charge in [0.2, 0.25) is 0 Å². The summed E-state index contributed by atoms with van der Waals surface area (Å²) in [6, 6.07) is 9.14. The summed E-state index contributed by atoms with van der Waals surface area (Å²) >= 11 is 0. The Balaban J connectivity index is 2.70. The molecule has 0 aliphatic rings. The fourth-order valence-corrected chi connectivity index (χ4v) is 3.88. The molecule has 0 spiro atoms. The Bertz CT molecular complexity index is 688. The second-order valence-electron chi connectivity index (χ2n) is 8.23. The zero-order valence-electron chi connectivity index (χ0n) is 17.7. The third-order valence-corrected chi connectivity index (χ3v) is 5.39. The maximum absolute atomic E-state index is 10.7. The Morgan fingerprint density at radius 1 is 0.731 bits per heavy atom. The minimum atomic E-state index is 0.315. The molecule has 0 aliphatic heterocycles. The van der Waals surface area contributed by atoms with Crippen LogP contribution in [0.4, 0.5) is 0 Å². The maximum atomic E-state index is 10.7. The SMILES string of the molecule is CCCc1cc(-c2cc(CCC)c(O)c(C(C)C)c2)cc(C(C)C)c1C. The molecule has 0 heterocycles. The summed E-state index contributed by atoms with van der Waals surface area (Å²) in [5, 5.41) is 10.7. The van der Waals surface area contributed by atoms with E-state index in [-0.39, 0.29) is 0 Å². The highest BCUT2D eigenvalue weighted by molar-refractivity contribution is 5.70. The standard InChI is InChI=1S/C25H36O/c1-8-10-19-12-21(14-23(16(3)4)18(19)7)22-13-20(11-9-2)25(26)24(15-22)17(5)6/h12-17,26H,8-11H2,1-7H3. The lowest BCUT2D eigenvalue weighted by molar-refractivity contribution is 0.457. The molecular formula is C25H36O. The summed E-state index contributed by atoms with van der Waals surface area (Å²) in [7, 11) is 0. The Morgan fingerprint density at radius 2 is 1.19 bits per heavy atom. The van der Waals surface area contributed by atoms with Gasteiger partial charge in [0.1, 0.15) is 5.75 Å². The Morgan fingerprint density at radius 3 is 1.69 bits per heavy atom. The molecule has 0 aromatic heterocycles. The predicted molar refractivity (Wildman–Crippen MR) is 114 cm³/mol. The molecule has 1 nitrogen and oxygen atoms in total. The van der Waals surface area contributed by atoms with Crippen LogP contribution in [-0.4, -0.2) is 5.11 Å². The molecular weight excluding hydrogens is 316 g/mol. The highest BCUT2D eigenvalue weighted by Crippen LogP contribution is 2.37. The number of hydrogen-bond acceptors (Lipinski definition) is 1. The number of rotatable bonds is 7. The van der Waals surface area contributed by atoms with Crippen molar-refractivity contribution in [2.24, 2.45) is 0 Å². The predicted octanol–water partition coefficient (Wildman–Crippen LogP) is 7.52. The van der Waals surface area contributed by atoms with Crippen LogP contribution in [-0.2, 0) is 12.8 Å². The molecule has 1 N–H and O–H groups in total. The molecule has 2 aromatic rings. The van der Waals surface area contributed by atoms with E-state index in [4.69, 9.17) is 0 Å². The van der Waals surface area contributed by atoms with E-state index in [0.29, 0.717) is 17.6 Å². The fourth-order valence-electron chi connectivity index (χ4n) is 3.88. The first-order chi connectivity index (χ1) is 12.3. The van der Waals surface area contributed by atoms with Crippen LogP contribution in [0.1, 0.15) is 94.0 Å². The van der Waals surface area contributed by atoms with Crippen LogP contribution >= 0.6 is 0 Å². The van der Waals surface area contributed by atoms with Gasteiger partial charge >= 0.3 is 0 Å². The summed E-state index contributed by atoms with van der Waals surface area (Å²) in [5.41, 5.74) is 9.04. The topological polar surface area (TPSA) is 20.2 Å². The molecule has 2 aromatic carbocycles. The molecule has 26 heavy (non-hydrogen) atoms. The monoisotopic (exact) mass is 352 g/mol. The summed E-state index contributed by atoms with van der Waals surface area (Å²) in [6.07, 6.45) is 4.25. The number of phenols is 1. The molecule has 0 unspecified atom stereocenters. The van der Waals surface area contributed by atoms with Crippen molar-refractivity contribution in [1.29, 1.82) is 0 Å². The van der Waals surface area contributed by atoms with Gasteiger partial charge in [-0.15, -0.1) is 0 Å². The summed E-state index contributed by atoms with van der Waals surface area (Å²) in [5.74, 6) is 1.33. The minimum absolute atomic E-state index is 0.315. The van der Waals surface area contributed by atoms with Crippen molar-refractivity contribution >= 4 is 0 Å². The van der Waals surface area contributed by atoms with Gasteiger partial charge in [-0.25, -0.2) is 0 Å². The number of aromatic hydroxyl groups is 1. The fraction of sp³-hybridized carbons (Fsp3) is 0.520. The van der Waals surface area contributed by atoms with Crippen molar-refractivity contribution in [2.45, 2.75) is 86.0 Å². The van der Waals surface area contributed by atoms with Gasteiger partial charge in [0.25, 0.3) is 0 Å². The molecule has 1 heteroatoms. The molecule has 0 saturated heterocycles. The third-order valence-electron chi connectivity index (χ3n) is 5.39. The number of phenolic OH excluding ortho intramolecular Hbond substituents is 1. The average Bonchev–Trinajstić information content (AvgIpc) is 2.58. The van der Waals surface area contributed by atoms with E-state index in [0.717, 1.165) is 36.8 Å². The van der Waals surface area contributed by atoms with E-state index in [1.807, 2.05) is 0 Å². The van der Waals surface area contributed by atoms with Gasteiger partial charge in [0.15, 0.2) is 0 Å². The second kappa shape index (κ2) is 8.75. The average molecular weight is 353 g/mol. The molecule has 0 amide bonds. The van der Waals surface area contributed by atoms with Crippen molar-refractivity contribution in [3.8, 4) is 16.9 Å². The van der Waals surface area contributed by atoms with E-state index in [1.54, 1.807) is 0 Å². The van der Waals surface area contributed by atoms with Gasteiger partial charge in [0.05, 0.1) is 0 Å². The van der Waals surface area contributed by atoms with Crippen molar-refractivity contribution in [3.63, 3.8) is 0 Å². The van der Waals surface area contributed by atoms with Crippen LogP contribution in [0.15, 0.2) is 24.3 Å². The molecule has 2 rings (SSSR count). The van der Waals surface area contributed by atoms with Gasteiger partial charge in [-0.2, -0.15) is 0 Å². The largest absolute Gasteiger partial charge is 0.507 e. The van der Waals surface area contributed by atoms with Crippen LogP contribution in [0, 0.1) is 6.92 Å². The number of benzene rings is 2. The van der Waals surface area contributed by atoms with Gasteiger partial charge in [-0.1, -0.05) is 66.5 Å². The van der Waals surface area contributed by atoms with Gasteiger partial charge in [-0.3, -0.25) is 0 Å². The third kappa shape index (κ3) is 4.31. The molecule has 0 atom stereocenters. The van der Waals surface area contributed by atoms with Crippen molar-refractivity contribution in [3.05, 3.63) is 52.1 Å². The van der Waals surface area contributed by atoms with Gasteiger partial charge < -0.3 is 5.11 Å². The maximum Gasteiger partial charge on any atom is 0.122 e. The van der Waals surface area contributed by atoms with Crippen LogP contribution in [0.25, 0.3) is 11.1 Å². The summed E-state index contributed by atoms with van der Waals surface area (Å²) in [4.78, 5) is 0. The van der Waals surface area contributed by atoms with Gasteiger partial charge in [-0.05, 0) is 82.7 Å². The highest BCUT2D eigenvalue weighted by Gasteiger charge is 2.16. The lowest BCUT2D eigenvalue weighted by atomic mass is 9.86. The lowest BCUT2D eigenvalue weighted by Crippen LogP contribution is -2.00. The Hall–Kier alpha value is -1.76. The number of aryl methyl sites for hydroxylation is 2. The molecule has 0 fully saturated rings. The van der Waals surface area contributed by atoms with Crippen LogP contribution in [0.3, 0.4) is 0 Å². The molecule has 142 valence electrons. The van der Waals surface area contributed by atoms with E-state index in [1.165, 1.54) is 27.8 Å². The first-order valence-corrected chi connectivity index (χ1v) is 10.3. The van der Waals surface area contributed by atoms with Crippen molar-refractivity contribution in [2.75, 3.05) is 0 Å². The first-order valence-electron chi connectivity index (χ1n) is 10.3. The summed E-state index contributed by atoms with van der Waals surface area (Å²) in [6.45, 7) is 15.6. The van der Waals surface area contributed by atoms with Crippen LogP contribution in [0.2, 0.25) is 0 Å². The zero-order valence-corrected chi connectivity index (χ0v) is 17.7. The molecule has 0 saturated carbocycles. The summed E-state index contributed by atoms with van der Waals surface area (Å²) < 4.78 is 0. The smallest absolute Gasteiger partial charge is 0.122 e. The van der Waals surface area contributed by atoms with E-state index in [2.05, 4.69) is 72.7 Å². The molecule has 0 bridgehead atoms. The Kier molecular flexibility index (Phi) is 6.92. The Labute approximate surface area is 160 Å². The molecule has 0 radical (unpaired) electrons. The van der Waals surface area contributed by atoms with Crippen molar-refractivity contribution < 1.29 is 5.11 Å². The highest BCUT2D eigenvalue weighted by atomic mass is 16.3. The first kappa shape index (κ1) is 20.6. The zero-order chi connectivity index (χ0) is 19.4. The minimum Gasteiger partial charge on any atom is -0.507 e. The van der Waals surface area contributed by atoms with Crippen LogP contribution in [0.5, 0.6) is 5.75 Å². The van der Waals surface area contributed by atoms with E-state index >= 15 is 0 Å². The second-order valence-corrected chi connectivity index (χ2v) is 8.23. The normalized spacial score (nSPS) is 11.6. The van der Waals surface area contributed by atoms with Crippen LogP contribution < -0.4 is 0 Å². The van der Waals surface area contributed by atoms with Gasteiger partial charge in [0, 0.05) is 0 Å². The molecule has 0 aliphatic carbocycles. The van der Waals surface area contributed by atoms with Crippen molar-refractivity contribution in [1.82, 2.24) is 0 Å². The van der Waals surface area contributed by atoms with E-state index < -0.39 is 0 Å². The lowest BCUT2D eigenvalue weighted by Gasteiger charge is -2.19. The van der Waals surface area contributed by atoms with E-state index in [9.17, 15) is 5.11 Å². The number of hydrogen-bond donors (Lipinski definition) is 1.